The minimum Gasteiger partial charge on any atom is -0.288 e. The molecule has 0 saturated heterocycles. The van der Waals surface area contributed by atoms with Crippen LogP contribution in [0.1, 0.15) is 12.5 Å². The number of aromatic nitrogens is 7. The zero-order chi connectivity index (χ0) is 22.5. The summed E-state index contributed by atoms with van der Waals surface area (Å²) in [5.74, 6) is 0. The van der Waals surface area contributed by atoms with Crippen molar-refractivity contribution in [2.45, 2.75) is 11.9 Å². The molecule has 5 heterocycles. The van der Waals surface area contributed by atoms with Crippen molar-refractivity contribution in [3.63, 3.8) is 0 Å². The van der Waals surface area contributed by atoms with Crippen LogP contribution in [0.3, 0.4) is 0 Å². The van der Waals surface area contributed by atoms with Crippen molar-refractivity contribution in [2.24, 2.45) is 7.05 Å². The largest absolute Gasteiger partial charge is 0.301 e. The molecule has 5 aromatic heterocycles. The van der Waals surface area contributed by atoms with Gasteiger partial charge in [-0.05, 0) is 36.3 Å². The molecule has 0 aliphatic carbocycles. The van der Waals surface area contributed by atoms with E-state index >= 15 is 0 Å². The van der Waals surface area contributed by atoms with Gasteiger partial charge in [-0.3, -0.25) is 14.1 Å². The van der Waals surface area contributed by atoms with Crippen molar-refractivity contribution in [3.05, 3.63) is 79.7 Å². The predicted octanol–water partition coefficient (Wildman–Crippen LogP) is 3.31. The Hall–Kier alpha value is -4.05. The first-order valence-corrected chi connectivity index (χ1v) is 11.2. The lowest BCUT2D eigenvalue weighted by Gasteiger charge is -2.08. The van der Waals surface area contributed by atoms with Crippen LogP contribution in [-0.2, 0) is 17.1 Å². The topological polar surface area (TPSA) is 100.0 Å². The standard InChI is InChI=1S/C22H19N7O2S/c1-4-5-15(2)16-6-7-21-24-12-22(28(21)14-16)32(30,31)29-20-8-17(9-23-19(20)11-26-29)18-10-25-27(3)13-18/h4-14H,1H2,2-3H3. The van der Waals surface area contributed by atoms with Gasteiger partial charge < -0.3 is 0 Å². The first-order chi connectivity index (χ1) is 15.4. The lowest BCUT2D eigenvalue weighted by atomic mass is 10.1. The SMILES string of the molecule is C=CC=C(C)c1ccc2ncc(S(=O)(=O)n3ncc4ncc(-c5cnn(C)c5)cc43)n2c1. The van der Waals surface area contributed by atoms with E-state index in [0.29, 0.717) is 16.7 Å². The van der Waals surface area contributed by atoms with E-state index in [2.05, 4.69) is 26.7 Å². The maximum absolute atomic E-state index is 13.6. The van der Waals surface area contributed by atoms with Gasteiger partial charge in [0, 0.05) is 36.8 Å². The van der Waals surface area contributed by atoms with Gasteiger partial charge in [-0.15, -0.1) is 0 Å². The molecule has 0 amide bonds. The Balaban J connectivity index is 1.68. The quantitative estimate of drug-likeness (QED) is 0.385. The summed E-state index contributed by atoms with van der Waals surface area (Å²) in [6, 6.07) is 5.41. The minimum absolute atomic E-state index is 0.0116. The normalized spacial score (nSPS) is 12.6. The molecule has 0 fully saturated rings. The molecule has 5 aromatic rings. The summed E-state index contributed by atoms with van der Waals surface area (Å²) in [5.41, 5.74) is 4.75. The number of pyridine rings is 2. The van der Waals surface area contributed by atoms with Gasteiger partial charge in [0.05, 0.1) is 18.6 Å². The molecule has 32 heavy (non-hydrogen) atoms. The Kier molecular flexibility index (Phi) is 4.52. The first kappa shape index (κ1) is 19.9. The number of rotatable bonds is 5. The summed E-state index contributed by atoms with van der Waals surface area (Å²) >= 11 is 0. The van der Waals surface area contributed by atoms with Crippen LogP contribution in [-0.4, -0.2) is 41.8 Å². The highest BCUT2D eigenvalue weighted by atomic mass is 32.2. The molecule has 10 heteroatoms. The number of hydrogen-bond donors (Lipinski definition) is 0. The highest BCUT2D eigenvalue weighted by Crippen LogP contribution is 2.26. The number of fused-ring (bicyclic) bond motifs is 2. The van der Waals surface area contributed by atoms with Gasteiger partial charge in [0.25, 0.3) is 0 Å². The molecular weight excluding hydrogens is 426 g/mol. The third-order valence-corrected chi connectivity index (χ3v) is 6.79. The van der Waals surface area contributed by atoms with Gasteiger partial charge in [-0.1, -0.05) is 18.7 Å². The minimum atomic E-state index is -4.05. The Labute approximate surface area is 184 Å². The Morgan fingerprint density at radius 3 is 2.62 bits per heavy atom. The van der Waals surface area contributed by atoms with Crippen molar-refractivity contribution >= 4 is 32.3 Å². The summed E-state index contributed by atoms with van der Waals surface area (Å²) in [7, 11) is -2.23. The summed E-state index contributed by atoms with van der Waals surface area (Å²) < 4.78 is 31.4. The smallest absolute Gasteiger partial charge is 0.288 e. The maximum Gasteiger partial charge on any atom is 0.301 e. The highest BCUT2D eigenvalue weighted by Gasteiger charge is 2.25. The lowest BCUT2D eigenvalue weighted by molar-refractivity contribution is 0.577. The third kappa shape index (κ3) is 3.12. The van der Waals surface area contributed by atoms with E-state index in [1.165, 1.54) is 12.4 Å². The lowest BCUT2D eigenvalue weighted by Crippen LogP contribution is -2.16. The van der Waals surface area contributed by atoms with Crippen LogP contribution >= 0.6 is 0 Å². The molecular formula is C22H19N7O2S. The van der Waals surface area contributed by atoms with Crippen molar-refractivity contribution < 1.29 is 8.42 Å². The second kappa shape index (κ2) is 7.27. The summed E-state index contributed by atoms with van der Waals surface area (Å²) in [5, 5.41) is 8.32. The van der Waals surface area contributed by atoms with Gasteiger partial charge in [0.15, 0.2) is 5.03 Å². The molecule has 0 bridgehead atoms. The summed E-state index contributed by atoms with van der Waals surface area (Å²) in [4.78, 5) is 8.64. The van der Waals surface area contributed by atoms with Crippen molar-refractivity contribution in [2.75, 3.05) is 0 Å². The Bertz CT molecular complexity index is 1640. The Morgan fingerprint density at radius 2 is 1.88 bits per heavy atom. The van der Waals surface area contributed by atoms with Crippen molar-refractivity contribution in [1.82, 2.24) is 33.3 Å². The molecule has 0 atom stereocenters. The fourth-order valence-corrected chi connectivity index (χ4v) is 4.88. The average molecular weight is 446 g/mol. The second-order valence-corrected chi connectivity index (χ2v) is 9.07. The van der Waals surface area contributed by atoms with Crippen LogP contribution in [0.2, 0.25) is 0 Å². The average Bonchev–Trinajstić information content (AvgIpc) is 3.50. The Morgan fingerprint density at radius 1 is 1.03 bits per heavy atom. The molecule has 0 aliphatic heterocycles. The van der Waals surface area contributed by atoms with E-state index in [-0.39, 0.29) is 5.03 Å². The number of nitrogens with zero attached hydrogens (tertiary/aromatic N) is 7. The fraction of sp³-hybridized carbons (Fsp3) is 0.0909. The third-order valence-electron chi connectivity index (χ3n) is 5.21. The van der Waals surface area contributed by atoms with Crippen LogP contribution in [0.25, 0.3) is 33.4 Å². The molecule has 0 N–H and O–H groups in total. The van der Waals surface area contributed by atoms with Crippen LogP contribution in [0.4, 0.5) is 0 Å². The predicted molar refractivity (Wildman–Crippen MR) is 121 cm³/mol. The van der Waals surface area contributed by atoms with Gasteiger partial charge in [-0.2, -0.15) is 22.7 Å². The van der Waals surface area contributed by atoms with Crippen LogP contribution < -0.4 is 0 Å². The van der Waals surface area contributed by atoms with Gasteiger partial charge in [0.1, 0.15) is 16.7 Å². The van der Waals surface area contributed by atoms with E-state index in [0.717, 1.165) is 26.4 Å². The summed E-state index contributed by atoms with van der Waals surface area (Å²) in [6.07, 6.45) is 13.3. The highest BCUT2D eigenvalue weighted by molar-refractivity contribution is 7.90. The molecule has 0 aromatic carbocycles. The molecule has 160 valence electrons. The molecule has 0 spiro atoms. The molecule has 0 aliphatic rings. The number of allylic oxidation sites excluding steroid dienone is 3. The van der Waals surface area contributed by atoms with Gasteiger partial charge in [0.2, 0.25) is 0 Å². The van der Waals surface area contributed by atoms with Crippen LogP contribution in [0.15, 0.2) is 79.1 Å². The van der Waals surface area contributed by atoms with Crippen LogP contribution in [0.5, 0.6) is 0 Å². The van der Waals surface area contributed by atoms with E-state index < -0.39 is 10.0 Å². The fourth-order valence-electron chi connectivity index (χ4n) is 3.55. The van der Waals surface area contributed by atoms with E-state index in [4.69, 9.17) is 0 Å². The van der Waals surface area contributed by atoms with Gasteiger partial charge >= 0.3 is 10.0 Å². The number of imidazole rings is 1. The van der Waals surface area contributed by atoms with E-state index in [1.54, 1.807) is 45.9 Å². The van der Waals surface area contributed by atoms with Crippen molar-refractivity contribution in [3.8, 4) is 11.1 Å². The van der Waals surface area contributed by atoms with Gasteiger partial charge in [-0.25, -0.2) is 4.98 Å². The second-order valence-electron chi connectivity index (χ2n) is 7.35. The number of hydrogen-bond acceptors (Lipinski definition) is 6. The van der Waals surface area contributed by atoms with Crippen molar-refractivity contribution in [1.29, 1.82) is 0 Å². The van der Waals surface area contributed by atoms with E-state index in [9.17, 15) is 8.42 Å². The van der Waals surface area contributed by atoms with E-state index in [1.807, 2.05) is 32.3 Å². The molecule has 9 nitrogen and oxygen atoms in total. The summed E-state index contributed by atoms with van der Waals surface area (Å²) in [6.45, 7) is 5.65. The molecule has 0 radical (unpaired) electrons. The molecule has 0 saturated carbocycles. The monoisotopic (exact) mass is 445 g/mol. The number of aryl methyl sites for hydroxylation is 1. The zero-order valence-electron chi connectivity index (χ0n) is 17.4. The molecule has 5 rings (SSSR count). The zero-order valence-corrected chi connectivity index (χ0v) is 18.2. The maximum atomic E-state index is 13.6. The first-order valence-electron chi connectivity index (χ1n) is 9.73. The van der Waals surface area contributed by atoms with Crippen LogP contribution in [0, 0.1) is 0 Å². The molecule has 0 unspecified atom stereocenters.